The number of hydrogen-bond donors (Lipinski definition) is 1. The highest BCUT2D eigenvalue weighted by molar-refractivity contribution is 9.10. The molecule has 72 valence electrons. The van der Waals surface area contributed by atoms with E-state index in [-0.39, 0.29) is 0 Å². The lowest BCUT2D eigenvalue weighted by Crippen LogP contribution is -2.18. The van der Waals surface area contributed by atoms with Crippen LogP contribution in [0.4, 0.5) is 0 Å². The van der Waals surface area contributed by atoms with Crippen LogP contribution in [0.15, 0.2) is 22.7 Å². The van der Waals surface area contributed by atoms with Gasteiger partial charge in [-0.15, -0.1) is 0 Å². The Bertz CT molecular complexity index is 283. The number of nitrogens with one attached hydrogen (secondary N) is 1. The van der Waals surface area contributed by atoms with Gasteiger partial charge in [0.2, 0.25) is 0 Å². The monoisotopic (exact) mass is 241 g/mol. The van der Waals surface area contributed by atoms with Crippen molar-refractivity contribution in [3.8, 4) is 0 Å². The lowest BCUT2D eigenvalue weighted by molar-refractivity contribution is 0.595. The van der Waals surface area contributed by atoms with Gasteiger partial charge in [-0.1, -0.05) is 28.9 Å². The van der Waals surface area contributed by atoms with Crippen molar-refractivity contribution in [1.29, 1.82) is 0 Å². The van der Waals surface area contributed by atoms with Crippen LogP contribution in [0.5, 0.6) is 0 Å². The Morgan fingerprint density at radius 1 is 1.46 bits per heavy atom. The van der Waals surface area contributed by atoms with E-state index < -0.39 is 0 Å². The van der Waals surface area contributed by atoms with Crippen molar-refractivity contribution in [3.63, 3.8) is 0 Å². The fourth-order valence-corrected chi connectivity index (χ4v) is 2.02. The number of aryl methyl sites for hydroxylation is 1. The summed E-state index contributed by atoms with van der Waals surface area (Å²) in [6.07, 6.45) is 0. The van der Waals surface area contributed by atoms with Crippen LogP contribution in [0.1, 0.15) is 31.0 Å². The lowest BCUT2D eigenvalue weighted by Gasteiger charge is -2.15. The van der Waals surface area contributed by atoms with Crippen molar-refractivity contribution in [2.45, 2.75) is 26.8 Å². The van der Waals surface area contributed by atoms with E-state index in [0.717, 1.165) is 11.0 Å². The number of hydrogen-bond acceptors (Lipinski definition) is 1. The Balaban J connectivity index is 2.88. The maximum absolute atomic E-state index is 3.46. The van der Waals surface area contributed by atoms with Gasteiger partial charge in [-0.2, -0.15) is 0 Å². The van der Waals surface area contributed by atoms with Gasteiger partial charge < -0.3 is 5.32 Å². The van der Waals surface area contributed by atoms with Crippen LogP contribution in [-0.2, 0) is 0 Å². The summed E-state index contributed by atoms with van der Waals surface area (Å²) in [5.74, 6) is 0. The first-order valence-electron chi connectivity index (χ1n) is 4.64. The summed E-state index contributed by atoms with van der Waals surface area (Å²) >= 11 is 3.46. The van der Waals surface area contributed by atoms with Crippen molar-refractivity contribution in [1.82, 2.24) is 5.32 Å². The molecule has 1 nitrogen and oxygen atoms in total. The predicted molar refractivity (Wildman–Crippen MR) is 61.0 cm³/mol. The molecule has 1 rings (SSSR count). The highest BCUT2D eigenvalue weighted by atomic mass is 79.9. The smallest absolute Gasteiger partial charge is 0.0294 e. The molecule has 1 aromatic rings. The van der Waals surface area contributed by atoms with Crippen molar-refractivity contribution in [3.05, 3.63) is 33.8 Å². The van der Waals surface area contributed by atoms with E-state index in [2.05, 4.69) is 60.2 Å². The molecule has 0 spiro atoms. The summed E-state index contributed by atoms with van der Waals surface area (Å²) in [5, 5.41) is 3.41. The third-order valence-electron chi connectivity index (χ3n) is 2.21. The van der Waals surface area contributed by atoms with Crippen molar-refractivity contribution < 1.29 is 0 Å². The van der Waals surface area contributed by atoms with Gasteiger partial charge in [-0.05, 0) is 43.7 Å². The Labute approximate surface area is 88.7 Å². The number of benzene rings is 1. The molecular weight excluding hydrogens is 226 g/mol. The largest absolute Gasteiger partial charge is 0.310 e. The van der Waals surface area contributed by atoms with Gasteiger partial charge in [-0.25, -0.2) is 0 Å². The molecule has 0 aliphatic carbocycles. The average Bonchev–Trinajstić information content (AvgIpc) is 2.04. The fourth-order valence-electron chi connectivity index (χ4n) is 1.54. The normalized spacial score (nSPS) is 12.9. The second kappa shape index (κ2) is 4.77. The third kappa shape index (κ3) is 2.82. The molecule has 0 aliphatic rings. The first-order valence-corrected chi connectivity index (χ1v) is 5.44. The van der Waals surface area contributed by atoms with E-state index in [1.54, 1.807) is 0 Å². The molecule has 0 heterocycles. The van der Waals surface area contributed by atoms with Gasteiger partial charge >= 0.3 is 0 Å². The maximum Gasteiger partial charge on any atom is 0.0294 e. The average molecular weight is 242 g/mol. The Kier molecular flexibility index (Phi) is 3.94. The van der Waals surface area contributed by atoms with E-state index in [9.17, 15) is 0 Å². The molecule has 0 aromatic heterocycles. The van der Waals surface area contributed by atoms with Gasteiger partial charge in [0.1, 0.15) is 0 Å². The minimum absolute atomic E-state index is 0.443. The minimum Gasteiger partial charge on any atom is -0.310 e. The van der Waals surface area contributed by atoms with Crippen molar-refractivity contribution in [2.75, 3.05) is 6.54 Å². The lowest BCUT2D eigenvalue weighted by atomic mass is 10.0. The molecule has 1 aromatic carbocycles. The summed E-state index contributed by atoms with van der Waals surface area (Å²) in [6, 6.07) is 6.87. The van der Waals surface area contributed by atoms with Crippen LogP contribution >= 0.6 is 15.9 Å². The van der Waals surface area contributed by atoms with Crippen LogP contribution in [0.25, 0.3) is 0 Å². The topological polar surface area (TPSA) is 12.0 Å². The van der Waals surface area contributed by atoms with E-state index in [1.165, 1.54) is 11.1 Å². The van der Waals surface area contributed by atoms with E-state index in [1.807, 2.05) is 0 Å². The summed E-state index contributed by atoms with van der Waals surface area (Å²) in [4.78, 5) is 0. The molecule has 0 amide bonds. The van der Waals surface area contributed by atoms with Crippen LogP contribution in [0.2, 0.25) is 0 Å². The first kappa shape index (κ1) is 10.7. The molecule has 0 fully saturated rings. The summed E-state index contributed by atoms with van der Waals surface area (Å²) in [6.45, 7) is 7.48. The molecular formula is C11H16BrN. The predicted octanol–water partition coefficient (Wildman–Crippen LogP) is 3.43. The van der Waals surface area contributed by atoms with Crippen LogP contribution in [-0.4, -0.2) is 6.54 Å². The molecule has 0 saturated carbocycles. The zero-order valence-corrected chi connectivity index (χ0v) is 9.98. The Hall–Kier alpha value is -0.340. The maximum atomic E-state index is 3.46. The van der Waals surface area contributed by atoms with Crippen LogP contribution in [0.3, 0.4) is 0 Å². The number of halogens is 1. The second-order valence-electron chi connectivity index (χ2n) is 3.28. The Morgan fingerprint density at radius 3 is 2.69 bits per heavy atom. The van der Waals surface area contributed by atoms with E-state index >= 15 is 0 Å². The fraction of sp³-hybridized carbons (Fsp3) is 0.455. The summed E-state index contributed by atoms with van der Waals surface area (Å²) in [7, 11) is 0. The van der Waals surface area contributed by atoms with Gasteiger partial charge in [0.25, 0.3) is 0 Å². The molecule has 2 heteroatoms. The molecule has 0 saturated heterocycles. The van der Waals surface area contributed by atoms with E-state index in [0.29, 0.717) is 6.04 Å². The zero-order valence-electron chi connectivity index (χ0n) is 8.39. The van der Waals surface area contributed by atoms with Gasteiger partial charge in [-0.3, -0.25) is 0 Å². The molecule has 0 bridgehead atoms. The first-order chi connectivity index (χ1) is 6.15. The number of rotatable bonds is 3. The van der Waals surface area contributed by atoms with Gasteiger partial charge in [0.15, 0.2) is 0 Å². The third-order valence-corrected chi connectivity index (χ3v) is 2.70. The highest BCUT2D eigenvalue weighted by Crippen LogP contribution is 2.21. The SMILES string of the molecule is CCNC(C)c1ccc(Br)cc1C. The molecule has 1 atom stereocenters. The minimum atomic E-state index is 0.443. The molecule has 1 unspecified atom stereocenters. The second-order valence-corrected chi connectivity index (χ2v) is 4.20. The summed E-state index contributed by atoms with van der Waals surface area (Å²) < 4.78 is 1.15. The molecule has 0 aliphatic heterocycles. The van der Waals surface area contributed by atoms with Gasteiger partial charge in [0.05, 0.1) is 0 Å². The highest BCUT2D eigenvalue weighted by Gasteiger charge is 2.06. The van der Waals surface area contributed by atoms with Crippen molar-refractivity contribution >= 4 is 15.9 Å². The molecule has 0 radical (unpaired) electrons. The van der Waals surface area contributed by atoms with E-state index in [4.69, 9.17) is 0 Å². The standard InChI is InChI=1S/C11H16BrN/c1-4-13-9(3)11-6-5-10(12)7-8(11)2/h5-7,9,13H,4H2,1-3H3. The van der Waals surface area contributed by atoms with Crippen LogP contribution in [0, 0.1) is 6.92 Å². The molecule has 13 heavy (non-hydrogen) atoms. The van der Waals surface area contributed by atoms with Crippen molar-refractivity contribution in [2.24, 2.45) is 0 Å². The Morgan fingerprint density at radius 2 is 2.15 bits per heavy atom. The molecule has 1 N–H and O–H groups in total. The summed E-state index contributed by atoms with van der Waals surface area (Å²) in [5.41, 5.74) is 2.72. The van der Waals surface area contributed by atoms with Gasteiger partial charge in [0, 0.05) is 10.5 Å². The van der Waals surface area contributed by atoms with Crippen LogP contribution < -0.4 is 5.32 Å². The zero-order chi connectivity index (χ0) is 9.84. The quantitative estimate of drug-likeness (QED) is 0.856.